The first-order chi connectivity index (χ1) is 15.1. The summed E-state index contributed by atoms with van der Waals surface area (Å²) in [6.45, 7) is -0.399. The molecule has 3 heterocycles. The fraction of sp³-hybridized carbons (Fsp3) is 0.318. The number of thiazole rings is 1. The van der Waals surface area contributed by atoms with Crippen molar-refractivity contribution in [2.45, 2.75) is 38.5 Å². The maximum absolute atomic E-state index is 12.3. The van der Waals surface area contributed by atoms with Crippen molar-refractivity contribution < 1.29 is 14.3 Å². The van der Waals surface area contributed by atoms with E-state index in [1.54, 1.807) is 11.6 Å². The van der Waals surface area contributed by atoms with Crippen molar-refractivity contribution in [2.75, 3.05) is 11.9 Å². The van der Waals surface area contributed by atoms with Crippen LogP contribution in [0.2, 0.25) is 0 Å². The van der Waals surface area contributed by atoms with Crippen LogP contribution in [0.5, 0.6) is 0 Å². The number of thiophene rings is 1. The van der Waals surface area contributed by atoms with Gasteiger partial charge in [0.1, 0.15) is 16.1 Å². The lowest BCUT2D eigenvalue weighted by atomic mass is 10.1. The SMILES string of the molecule is N#Cc1c(NC(=O)COC(=O)Cc2csc(-c3ccccn3)n2)sc2c1CCCCC2. The Kier molecular flexibility index (Phi) is 6.70. The standard InChI is InChI=1S/C22H20N4O3S2/c23-11-16-15-6-2-1-3-8-18(15)31-21(16)26-19(27)12-29-20(28)10-14-13-30-22(25-14)17-7-4-5-9-24-17/h4-5,7,9,13H,1-3,6,8,10,12H2,(H,26,27). The number of nitriles is 1. The van der Waals surface area contributed by atoms with Crippen molar-refractivity contribution >= 4 is 39.6 Å². The van der Waals surface area contributed by atoms with Gasteiger partial charge in [0, 0.05) is 16.5 Å². The number of aromatic nitrogens is 2. The molecule has 0 bridgehead atoms. The Bertz CT molecular complexity index is 1130. The fourth-order valence-electron chi connectivity index (χ4n) is 3.45. The van der Waals surface area contributed by atoms with Crippen molar-refractivity contribution in [3.63, 3.8) is 0 Å². The van der Waals surface area contributed by atoms with E-state index >= 15 is 0 Å². The molecular formula is C22H20N4O3S2. The summed E-state index contributed by atoms with van der Waals surface area (Å²) in [6.07, 6.45) is 6.79. The highest BCUT2D eigenvalue weighted by atomic mass is 32.1. The predicted octanol–water partition coefficient (Wildman–Crippen LogP) is 4.13. The number of fused-ring (bicyclic) bond motifs is 1. The maximum Gasteiger partial charge on any atom is 0.312 e. The van der Waals surface area contributed by atoms with Crippen LogP contribution in [0.3, 0.4) is 0 Å². The highest BCUT2D eigenvalue weighted by Crippen LogP contribution is 2.36. The predicted molar refractivity (Wildman–Crippen MR) is 119 cm³/mol. The van der Waals surface area contributed by atoms with Crippen molar-refractivity contribution in [3.8, 4) is 16.8 Å². The average molecular weight is 453 g/mol. The Hall–Kier alpha value is -3.09. The zero-order chi connectivity index (χ0) is 21.6. The third-order valence-electron chi connectivity index (χ3n) is 4.91. The van der Waals surface area contributed by atoms with E-state index in [9.17, 15) is 14.9 Å². The molecule has 158 valence electrons. The Labute approximate surface area is 187 Å². The number of rotatable bonds is 6. The highest BCUT2D eigenvalue weighted by molar-refractivity contribution is 7.16. The van der Waals surface area contributed by atoms with Crippen LogP contribution in [0.4, 0.5) is 5.00 Å². The number of amides is 1. The first-order valence-corrected chi connectivity index (χ1v) is 11.7. The fourth-order valence-corrected chi connectivity index (χ4v) is 5.50. The summed E-state index contributed by atoms with van der Waals surface area (Å²) in [5.74, 6) is -0.982. The van der Waals surface area contributed by atoms with Crippen LogP contribution in [0.1, 0.15) is 41.0 Å². The minimum Gasteiger partial charge on any atom is -0.455 e. The summed E-state index contributed by atoms with van der Waals surface area (Å²) in [4.78, 5) is 34.2. The molecule has 0 aromatic carbocycles. The number of aryl methyl sites for hydroxylation is 1. The molecule has 0 aliphatic heterocycles. The van der Waals surface area contributed by atoms with E-state index in [4.69, 9.17) is 4.74 Å². The molecular weight excluding hydrogens is 432 g/mol. The van der Waals surface area contributed by atoms with Gasteiger partial charge in [0.2, 0.25) is 0 Å². The van der Waals surface area contributed by atoms with Gasteiger partial charge in [-0.05, 0) is 43.4 Å². The minimum atomic E-state index is -0.532. The maximum atomic E-state index is 12.3. The molecule has 0 saturated carbocycles. The summed E-state index contributed by atoms with van der Waals surface area (Å²) in [6, 6.07) is 7.78. The largest absolute Gasteiger partial charge is 0.455 e. The van der Waals surface area contributed by atoms with Crippen molar-refractivity contribution in [3.05, 3.63) is 51.5 Å². The quantitative estimate of drug-likeness (QED) is 0.445. The lowest BCUT2D eigenvalue weighted by Gasteiger charge is -2.05. The van der Waals surface area contributed by atoms with Gasteiger partial charge in [-0.15, -0.1) is 22.7 Å². The molecule has 3 aromatic rings. The van der Waals surface area contributed by atoms with Gasteiger partial charge < -0.3 is 10.1 Å². The lowest BCUT2D eigenvalue weighted by molar-refractivity contribution is -0.146. The molecule has 0 unspecified atom stereocenters. The number of pyridine rings is 1. The number of carbonyl (C=O) groups excluding carboxylic acids is 2. The molecule has 0 fully saturated rings. The van der Waals surface area contributed by atoms with Gasteiger partial charge in [0.25, 0.3) is 5.91 Å². The first-order valence-electron chi connectivity index (χ1n) is 10.00. The number of anilines is 1. The van der Waals surface area contributed by atoms with Crippen LogP contribution in [0.15, 0.2) is 29.8 Å². The van der Waals surface area contributed by atoms with E-state index in [1.165, 1.54) is 27.6 Å². The number of nitrogens with zero attached hydrogens (tertiary/aromatic N) is 3. The average Bonchev–Trinajstić information content (AvgIpc) is 3.30. The number of esters is 1. The van der Waals surface area contributed by atoms with Crippen LogP contribution in [-0.4, -0.2) is 28.5 Å². The van der Waals surface area contributed by atoms with Crippen molar-refractivity contribution in [1.82, 2.24) is 9.97 Å². The molecule has 31 heavy (non-hydrogen) atoms. The Morgan fingerprint density at radius 1 is 1.23 bits per heavy atom. The molecule has 0 radical (unpaired) electrons. The summed E-state index contributed by atoms with van der Waals surface area (Å²) >= 11 is 2.86. The van der Waals surface area contributed by atoms with E-state index in [-0.39, 0.29) is 6.42 Å². The lowest BCUT2D eigenvalue weighted by Crippen LogP contribution is -2.21. The molecule has 3 aromatic heterocycles. The van der Waals surface area contributed by atoms with E-state index in [0.717, 1.165) is 48.4 Å². The van der Waals surface area contributed by atoms with Gasteiger partial charge in [-0.25, -0.2) is 4.98 Å². The van der Waals surface area contributed by atoms with Crippen LogP contribution in [-0.2, 0) is 33.6 Å². The molecule has 1 aliphatic carbocycles. The van der Waals surface area contributed by atoms with Gasteiger partial charge in [-0.3, -0.25) is 14.6 Å². The van der Waals surface area contributed by atoms with Crippen LogP contribution < -0.4 is 5.32 Å². The molecule has 9 heteroatoms. The molecule has 0 spiro atoms. The second-order valence-corrected chi connectivity index (χ2v) is 9.09. The zero-order valence-corrected chi connectivity index (χ0v) is 18.4. The zero-order valence-electron chi connectivity index (χ0n) is 16.7. The number of carbonyl (C=O) groups is 2. The smallest absolute Gasteiger partial charge is 0.312 e. The van der Waals surface area contributed by atoms with Crippen LogP contribution >= 0.6 is 22.7 Å². The van der Waals surface area contributed by atoms with E-state index < -0.39 is 18.5 Å². The van der Waals surface area contributed by atoms with Crippen LogP contribution in [0, 0.1) is 11.3 Å². The van der Waals surface area contributed by atoms with Gasteiger partial charge in [0.05, 0.1) is 23.4 Å². The Morgan fingerprint density at radius 2 is 2.10 bits per heavy atom. The molecule has 0 saturated heterocycles. The number of hydrogen-bond donors (Lipinski definition) is 1. The van der Waals surface area contributed by atoms with Gasteiger partial charge in [-0.2, -0.15) is 5.26 Å². The Balaban J connectivity index is 1.31. The summed E-state index contributed by atoms with van der Waals surface area (Å²) in [7, 11) is 0. The third-order valence-corrected chi connectivity index (χ3v) is 7.03. The van der Waals surface area contributed by atoms with E-state index in [1.807, 2.05) is 18.2 Å². The van der Waals surface area contributed by atoms with Gasteiger partial charge >= 0.3 is 5.97 Å². The van der Waals surface area contributed by atoms with E-state index in [2.05, 4.69) is 21.4 Å². The molecule has 1 amide bonds. The Morgan fingerprint density at radius 3 is 2.90 bits per heavy atom. The molecule has 0 atom stereocenters. The van der Waals surface area contributed by atoms with Crippen molar-refractivity contribution in [2.24, 2.45) is 0 Å². The molecule has 7 nitrogen and oxygen atoms in total. The summed E-state index contributed by atoms with van der Waals surface area (Å²) < 4.78 is 5.11. The topological polar surface area (TPSA) is 105 Å². The highest BCUT2D eigenvalue weighted by Gasteiger charge is 2.21. The number of hydrogen-bond acceptors (Lipinski definition) is 8. The normalized spacial score (nSPS) is 13.0. The van der Waals surface area contributed by atoms with Crippen molar-refractivity contribution in [1.29, 1.82) is 5.26 Å². The second kappa shape index (κ2) is 9.81. The molecule has 1 aliphatic rings. The third kappa shape index (κ3) is 5.16. The minimum absolute atomic E-state index is 0.0205. The number of nitrogens with one attached hydrogen (secondary N) is 1. The monoisotopic (exact) mass is 452 g/mol. The van der Waals surface area contributed by atoms with Gasteiger partial charge in [0.15, 0.2) is 6.61 Å². The molecule has 4 rings (SSSR count). The van der Waals surface area contributed by atoms with Gasteiger partial charge in [-0.1, -0.05) is 12.5 Å². The van der Waals surface area contributed by atoms with Crippen LogP contribution in [0.25, 0.3) is 10.7 Å². The second-order valence-electron chi connectivity index (χ2n) is 7.12. The van der Waals surface area contributed by atoms with E-state index in [0.29, 0.717) is 16.3 Å². The summed E-state index contributed by atoms with van der Waals surface area (Å²) in [5.41, 5.74) is 2.93. The first kappa shape index (κ1) is 21.2. The number of ether oxygens (including phenoxy) is 1. The molecule has 1 N–H and O–H groups in total. The summed E-state index contributed by atoms with van der Waals surface area (Å²) in [5, 5.41) is 15.3.